The topological polar surface area (TPSA) is 0 Å². The second-order valence-corrected chi connectivity index (χ2v) is 3.73. The molecule has 1 aromatic carbocycles. The normalized spacial score (nSPS) is 9.78. The Labute approximate surface area is 66.4 Å². The van der Waals surface area contributed by atoms with E-state index in [2.05, 4.69) is 0 Å². The van der Waals surface area contributed by atoms with Crippen molar-refractivity contribution in [3.63, 3.8) is 0 Å². The Balaban J connectivity index is 3.25. The van der Waals surface area contributed by atoms with Crippen molar-refractivity contribution in [1.29, 1.82) is 0 Å². The van der Waals surface area contributed by atoms with E-state index in [1.165, 1.54) is 0 Å². The van der Waals surface area contributed by atoms with E-state index in [0.717, 1.165) is 14.5 Å². The van der Waals surface area contributed by atoms with Gasteiger partial charge in [-0.25, -0.2) is 0 Å². The summed E-state index contributed by atoms with van der Waals surface area (Å²) in [4.78, 5) is 0. The van der Waals surface area contributed by atoms with Crippen molar-refractivity contribution in [3.8, 4) is 0 Å². The molecule has 3 heteroatoms. The van der Waals surface area contributed by atoms with Crippen LogP contribution in [0.5, 0.6) is 0 Å². The molecule has 0 aliphatic rings. The monoisotopic (exact) mass is 180 g/mol. The molecule has 1 rings (SSSR count). The Kier molecular flexibility index (Phi) is 2.35. The van der Waals surface area contributed by atoms with E-state index in [-0.39, 0.29) is 0 Å². The summed E-state index contributed by atoms with van der Waals surface area (Å²) in [7, 11) is 0.958. The van der Waals surface area contributed by atoms with E-state index in [1.54, 1.807) is 6.07 Å². The third-order valence-corrected chi connectivity index (χ3v) is 3.21. The fourth-order valence-electron chi connectivity index (χ4n) is 0.612. The van der Waals surface area contributed by atoms with Crippen LogP contribution in [0.1, 0.15) is 0 Å². The van der Waals surface area contributed by atoms with Crippen LogP contribution in [0.3, 0.4) is 0 Å². The molecule has 0 unspecified atom stereocenters. The zero-order chi connectivity index (χ0) is 6.85. The van der Waals surface area contributed by atoms with Gasteiger partial charge in [-0.2, -0.15) is 0 Å². The fraction of sp³-hybridized carbons (Fsp3) is 0. The Morgan fingerprint density at radius 3 is 2.33 bits per heavy atom. The van der Waals surface area contributed by atoms with Gasteiger partial charge >= 0.3 is 66.0 Å². The summed E-state index contributed by atoms with van der Waals surface area (Å²) in [6.07, 6.45) is 0. The molecular formula is C6H7Cl2P. The van der Waals surface area contributed by atoms with Gasteiger partial charge in [-0.15, -0.1) is 0 Å². The molecule has 50 valence electrons. The molecule has 0 fully saturated rings. The summed E-state index contributed by atoms with van der Waals surface area (Å²) in [6.45, 7) is 0. The van der Waals surface area contributed by atoms with Gasteiger partial charge in [0.2, 0.25) is 0 Å². The molecule has 0 spiro atoms. The number of hydrogen-bond donors (Lipinski definition) is 0. The quantitative estimate of drug-likeness (QED) is 0.536. The van der Waals surface area contributed by atoms with Crippen LogP contribution < -0.4 is 5.30 Å². The predicted octanol–water partition coefficient (Wildman–Crippen LogP) is 1.96. The first kappa shape index (κ1) is 7.34. The van der Waals surface area contributed by atoms with Gasteiger partial charge in [0.1, 0.15) is 0 Å². The van der Waals surface area contributed by atoms with Gasteiger partial charge in [0.05, 0.1) is 0 Å². The fourth-order valence-corrected chi connectivity index (χ4v) is 1.58. The Morgan fingerprint density at radius 2 is 1.89 bits per heavy atom. The third-order valence-electron chi connectivity index (χ3n) is 1.14. The van der Waals surface area contributed by atoms with Gasteiger partial charge in [0, 0.05) is 0 Å². The molecule has 0 amide bonds. The molecule has 0 aromatic heterocycles. The summed E-state index contributed by atoms with van der Waals surface area (Å²) in [5.41, 5.74) is 0. The minimum absolute atomic E-state index is 0.657. The molecule has 0 radical (unpaired) electrons. The molecule has 0 aliphatic carbocycles. The first-order chi connectivity index (χ1) is 4.22. The van der Waals surface area contributed by atoms with Crippen LogP contribution in [0.2, 0.25) is 10.0 Å². The van der Waals surface area contributed by atoms with E-state index in [4.69, 9.17) is 23.2 Å². The van der Waals surface area contributed by atoms with Crippen molar-refractivity contribution >= 4 is 37.7 Å². The second-order valence-electron chi connectivity index (χ2n) is 1.87. The molecule has 0 N–H and O–H groups in total. The van der Waals surface area contributed by atoms with Crippen LogP contribution >= 0.6 is 32.4 Å². The maximum atomic E-state index is 5.78. The molecule has 0 saturated carbocycles. The molecule has 0 saturated heterocycles. The molecule has 0 heterocycles. The standard InChI is InChI=1S/C6H7Cl2P/c7-4-2-1-3-5(9)6(4)8/h1-3H,9H4. The van der Waals surface area contributed by atoms with E-state index >= 15 is 0 Å². The van der Waals surface area contributed by atoms with Crippen LogP contribution in [-0.4, -0.2) is 0 Å². The van der Waals surface area contributed by atoms with Gasteiger partial charge in [-0.3, -0.25) is 0 Å². The van der Waals surface area contributed by atoms with Gasteiger partial charge in [-0.1, -0.05) is 0 Å². The molecule has 0 nitrogen and oxygen atoms in total. The van der Waals surface area contributed by atoms with Gasteiger partial charge in [-0.05, 0) is 0 Å². The van der Waals surface area contributed by atoms with Crippen molar-refractivity contribution in [1.82, 2.24) is 0 Å². The summed E-state index contributed by atoms with van der Waals surface area (Å²) in [6, 6.07) is 5.70. The zero-order valence-corrected chi connectivity index (χ0v) is 8.50. The number of benzene rings is 1. The number of hydrogen-bond acceptors (Lipinski definition) is 0. The average Bonchev–Trinajstić information content (AvgIpc) is 1.83. The summed E-state index contributed by atoms with van der Waals surface area (Å²) >= 11 is 11.5. The van der Waals surface area contributed by atoms with Crippen LogP contribution in [-0.2, 0) is 0 Å². The van der Waals surface area contributed by atoms with Crippen molar-refractivity contribution in [2.45, 2.75) is 0 Å². The molecule has 0 aliphatic heterocycles. The predicted molar refractivity (Wildman–Crippen MR) is 48.6 cm³/mol. The van der Waals surface area contributed by atoms with Gasteiger partial charge < -0.3 is 0 Å². The van der Waals surface area contributed by atoms with E-state index in [9.17, 15) is 0 Å². The summed E-state index contributed by atoms with van der Waals surface area (Å²) < 4.78 is 0. The van der Waals surface area contributed by atoms with Gasteiger partial charge in [0.15, 0.2) is 0 Å². The Hall–Kier alpha value is 0.230. The molecule has 0 bridgehead atoms. The van der Waals surface area contributed by atoms with Crippen LogP contribution in [0.25, 0.3) is 0 Å². The average molecular weight is 181 g/mol. The SMILES string of the molecule is [PH4]c1cccc(Cl)c1Cl. The van der Waals surface area contributed by atoms with Crippen molar-refractivity contribution < 1.29 is 0 Å². The first-order valence-corrected chi connectivity index (χ1v) is 4.38. The molecular weight excluding hydrogens is 174 g/mol. The van der Waals surface area contributed by atoms with Crippen molar-refractivity contribution in [3.05, 3.63) is 28.2 Å². The minimum atomic E-state index is 0.657. The third kappa shape index (κ3) is 1.58. The van der Waals surface area contributed by atoms with Gasteiger partial charge in [0.25, 0.3) is 0 Å². The van der Waals surface area contributed by atoms with Crippen molar-refractivity contribution in [2.75, 3.05) is 0 Å². The number of rotatable bonds is 0. The first-order valence-electron chi connectivity index (χ1n) is 2.62. The van der Waals surface area contributed by atoms with Crippen LogP contribution in [0.4, 0.5) is 0 Å². The van der Waals surface area contributed by atoms with E-state index < -0.39 is 0 Å². The van der Waals surface area contributed by atoms with E-state index in [0.29, 0.717) is 10.0 Å². The molecule has 1 aromatic rings. The molecule has 9 heavy (non-hydrogen) atoms. The van der Waals surface area contributed by atoms with Crippen LogP contribution in [0, 0.1) is 0 Å². The summed E-state index contributed by atoms with van der Waals surface area (Å²) in [5, 5.41) is 2.53. The number of halogens is 2. The Bertz CT molecular complexity index is 202. The van der Waals surface area contributed by atoms with E-state index in [1.807, 2.05) is 12.1 Å². The Morgan fingerprint density at radius 1 is 1.22 bits per heavy atom. The molecule has 0 atom stereocenters. The zero-order valence-electron chi connectivity index (χ0n) is 4.99. The maximum absolute atomic E-state index is 5.78. The van der Waals surface area contributed by atoms with Crippen molar-refractivity contribution in [2.24, 2.45) is 0 Å². The summed E-state index contributed by atoms with van der Waals surface area (Å²) in [5.74, 6) is 0. The van der Waals surface area contributed by atoms with Crippen LogP contribution in [0.15, 0.2) is 18.2 Å². The second kappa shape index (κ2) is 2.88.